The van der Waals surface area contributed by atoms with Crippen molar-refractivity contribution in [3.8, 4) is 0 Å². The molecule has 2 atom stereocenters. The second-order valence-corrected chi connectivity index (χ2v) is 6.27. The van der Waals surface area contributed by atoms with Crippen molar-refractivity contribution in [2.75, 3.05) is 0 Å². The first-order valence-electron chi connectivity index (χ1n) is 7.57. The monoisotopic (exact) mass is 262 g/mol. The Hall–Kier alpha value is -1.19. The number of rotatable bonds is 2. The van der Waals surface area contributed by atoms with Crippen LogP contribution in [-0.4, -0.2) is 15.9 Å². The van der Waals surface area contributed by atoms with Crippen molar-refractivity contribution < 1.29 is 9.32 Å². The smallest absolute Gasteiger partial charge is 0.229 e. The molecule has 0 saturated heterocycles. The van der Waals surface area contributed by atoms with E-state index in [0.29, 0.717) is 30.5 Å². The van der Waals surface area contributed by atoms with Crippen LogP contribution in [0.5, 0.6) is 0 Å². The predicted octanol–water partition coefficient (Wildman–Crippen LogP) is 3.59. The number of Topliss-reactive ketones (excluding diaryl/α,β-unsaturated/α-hetero) is 1. The summed E-state index contributed by atoms with van der Waals surface area (Å²) in [7, 11) is 0. The van der Waals surface area contributed by atoms with E-state index in [4.69, 9.17) is 4.52 Å². The summed E-state index contributed by atoms with van der Waals surface area (Å²) in [5.74, 6) is 3.59. The maximum Gasteiger partial charge on any atom is 0.229 e. The van der Waals surface area contributed by atoms with E-state index in [0.717, 1.165) is 30.5 Å². The molecule has 19 heavy (non-hydrogen) atoms. The number of carbonyl (C=O) groups is 1. The third-order valence-electron chi connectivity index (χ3n) is 4.65. The van der Waals surface area contributed by atoms with Gasteiger partial charge in [-0.3, -0.25) is 4.79 Å². The van der Waals surface area contributed by atoms with E-state index in [1.54, 1.807) is 0 Å². The summed E-state index contributed by atoms with van der Waals surface area (Å²) in [5.41, 5.74) is 0. The molecule has 1 heterocycles. The van der Waals surface area contributed by atoms with Crippen LogP contribution in [0.25, 0.3) is 0 Å². The normalized spacial score (nSPS) is 29.6. The van der Waals surface area contributed by atoms with Gasteiger partial charge in [0.2, 0.25) is 5.89 Å². The van der Waals surface area contributed by atoms with Gasteiger partial charge >= 0.3 is 0 Å². The molecule has 1 aromatic heterocycles. The predicted molar refractivity (Wildman–Crippen MR) is 70.9 cm³/mol. The lowest BCUT2D eigenvalue weighted by atomic mass is 9.82. The van der Waals surface area contributed by atoms with Crippen LogP contribution in [0, 0.1) is 5.92 Å². The first-order valence-corrected chi connectivity index (χ1v) is 7.57. The Morgan fingerprint density at radius 2 is 1.89 bits per heavy atom. The SMILES string of the molecule is CC1CCCC(c2noc(C3CCC(=O)CC3)n2)C1. The molecule has 104 valence electrons. The van der Waals surface area contributed by atoms with E-state index >= 15 is 0 Å². The van der Waals surface area contributed by atoms with Crippen LogP contribution < -0.4 is 0 Å². The molecule has 2 aliphatic rings. The average Bonchev–Trinajstić information content (AvgIpc) is 2.89. The minimum Gasteiger partial charge on any atom is -0.339 e. The largest absolute Gasteiger partial charge is 0.339 e. The molecular weight excluding hydrogens is 240 g/mol. The Balaban J connectivity index is 1.67. The molecule has 2 unspecified atom stereocenters. The molecule has 0 spiro atoms. The van der Waals surface area contributed by atoms with Crippen LogP contribution in [0.15, 0.2) is 4.52 Å². The Labute approximate surface area is 114 Å². The number of aromatic nitrogens is 2. The summed E-state index contributed by atoms with van der Waals surface area (Å²) in [6.45, 7) is 2.31. The molecule has 4 heteroatoms. The van der Waals surface area contributed by atoms with E-state index in [9.17, 15) is 4.79 Å². The minimum absolute atomic E-state index is 0.306. The molecule has 0 bridgehead atoms. The molecule has 2 saturated carbocycles. The highest BCUT2D eigenvalue weighted by Gasteiger charge is 2.28. The summed E-state index contributed by atoms with van der Waals surface area (Å²) in [6.07, 6.45) is 8.06. The van der Waals surface area contributed by atoms with Crippen LogP contribution in [-0.2, 0) is 4.79 Å². The number of hydrogen-bond donors (Lipinski definition) is 0. The quantitative estimate of drug-likeness (QED) is 0.817. The zero-order chi connectivity index (χ0) is 13.2. The fourth-order valence-corrected chi connectivity index (χ4v) is 3.43. The Bertz CT molecular complexity index is 445. The second kappa shape index (κ2) is 5.43. The summed E-state index contributed by atoms with van der Waals surface area (Å²) in [5, 5.41) is 4.20. The molecule has 0 radical (unpaired) electrons. The third kappa shape index (κ3) is 2.88. The Morgan fingerprint density at radius 1 is 1.11 bits per heavy atom. The second-order valence-electron chi connectivity index (χ2n) is 6.27. The highest BCUT2D eigenvalue weighted by molar-refractivity contribution is 5.79. The molecule has 4 nitrogen and oxygen atoms in total. The van der Waals surface area contributed by atoms with E-state index in [2.05, 4.69) is 17.1 Å². The number of carbonyl (C=O) groups excluding carboxylic acids is 1. The summed E-state index contributed by atoms with van der Waals surface area (Å²) >= 11 is 0. The molecule has 0 N–H and O–H groups in total. The van der Waals surface area contributed by atoms with Gasteiger partial charge in [0, 0.05) is 24.7 Å². The van der Waals surface area contributed by atoms with Crippen molar-refractivity contribution in [2.45, 2.75) is 70.1 Å². The Kier molecular flexibility index (Phi) is 3.67. The van der Waals surface area contributed by atoms with E-state index in [-0.39, 0.29) is 0 Å². The van der Waals surface area contributed by atoms with Gasteiger partial charge < -0.3 is 4.52 Å². The van der Waals surface area contributed by atoms with Gasteiger partial charge in [-0.2, -0.15) is 4.98 Å². The van der Waals surface area contributed by atoms with Gasteiger partial charge in [-0.25, -0.2) is 0 Å². The van der Waals surface area contributed by atoms with E-state index < -0.39 is 0 Å². The fraction of sp³-hybridized carbons (Fsp3) is 0.800. The number of nitrogens with zero attached hydrogens (tertiary/aromatic N) is 2. The van der Waals surface area contributed by atoms with Crippen LogP contribution in [0.3, 0.4) is 0 Å². The standard InChI is InChI=1S/C15H22N2O2/c1-10-3-2-4-12(9-10)14-16-15(19-17-14)11-5-7-13(18)8-6-11/h10-12H,2-9H2,1H3. The van der Waals surface area contributed by atoms with Crippen LogP contribution in [0.4, 0.5) is 0 Å². The first-order chi connectivity index (χ1) is 9.22. The highest BCUT2D eigenvalue weighted by atomic mass is 16.5. The lowest BCUT2D eigenvalue weighted by molar-refractivity contribution is -0.120. The number of ketones is 1. The summed E-state index contributed by atoms with van der Waals surface area (Å²) < 4.78 is 5.46. The minimum atomic E-state index is 0.306. The van der Waals surface area contributed by atoms with Crippen molar-refractivity contribution in [1.29, 1.82) is 0 Å². The van der Waals surface area contributed by atoms with Crippen LogP contribution in [0.1, 0.15) is 81.8 Å². The van der Waals surface area contributed by atoms with Crippen molar-refractivity contribution in [2.24, 2.45) is 5.92 Å². The van der Waals surface area contributed by atoms with Gasteiger partial charge in [-0.15, -0.1) is 0 Å². The molecule has 0 amide bonds. The highest BCUT2D eigenvalue weighted by Crippen LogP contribution is 2.36. The average molecular weight is 262 g/mol. The van der Waals surface area contributed by atoms with Crippen molar-refractivity contribution in [1.82, 2.24) is 10.1 Å². The van der Waals surface area contributed by atoms with Crippen molar-refractivity contribution in [3.63, 3.8) is 0 Å². The molecule has 1 aromatic rings. The Morgan fingerprint density at radius 3 is 2.63 bits per heavy atom. The van der Waals surface area contributed by atoms with Crippen molar-refractivity contribution >= 4 is 5.78 Å². The molecule has 2 fully saturated rings. The summed E-state index contributed by atoms with van der Waals surface area (Å²) in [4.78, 5) is 15.9. The van der Waals surface area contributed by atoms with Gasteiger partial charge in [0.1, 0.15) is 5.78 Å². The van der Waals surface area contributed by atoms with Crippen LogP contribution >= 0.6 is 0 Å². The van der Waals surface area contributed by atoms with Gasteiger partial charge in [0.25, 0.3) is 0 Å². The maximum atomic E-state index is 11.3. The molecule has 0 aliphatic heterocycles. The molecular formula is C15H22N2O2. The topological polar surface area (TPSA) is 56.0 Å². The van der Waals surface area contributed by atoms with Gasteiger partial charge in [-0.05, 0) is 31.6 Å². The van der Waals surface area contributed by atoms with Crippen molar-refractivity contribution in [3.05, 3.63) is 11.7 Å². The van der Waals surface area contributed by atoms with E-state index in [1.165, 1.54) is 25.7 Å². The van der Waals surface area contributed by atoms with E-state index in [1.807, 2.05) is 0 Å². The lowest BCUT2D eigenvalue weighted by Crippen LogP contribution is -2.14. The fourth-order valence-electron chi connectivity index (χ4n) is 3.43. The van der Waals surface area contributed by atoms with Crippen LogP contribution in [0.2, 0.25) is 0 Å². The number of hydrogen-bond acceptors (Lipinski definition) is 4. The molecule has 0 aromatic carbocycles. The first kappa shape index (κ1) is 12.8. The lowest BCUT2D eigenvalue weighted by Gasteiger charge is -2.24. The van der Waals surface area contributed by atoms with Gasteiger partial charge in [0.05, 0.1) is 0 Å². The summed E-state index contributed by atoms with van der Waals surface area (Å²) in [6, 6.07) is 0. The zero-order valence-corrected chi connectivity index (χ0v) is 11.6. The maximum absolute atomic E-state index is 11.3. The molecule has 2 aliphatic carbocycles. The zero-order valence-electron chi connectivity index (χ0n) is 11.6. The third-order valence-corrected chi connectivity index (χ3v) is 4.65. The van der Waals surface area contributed by atoms with Gasteiger partial charge in [0.15, 0.2) is 5.82 Å². The molecule has 3 rings (SSSR count). The van der Waals surface area contributed by atoms with Gasteiger partial charge in [-0.1, -0.05) is 24.9 Å².